The molecule has 1 fully saturated rings. The molecule has 0 spiro atoms. The second kappa shape index (κ2) is 5.28. The lowest BCUT2D eigenvalue weighted by Crippen LogP contribution is -2.43. The fraction of sp³-hybridized carbons (Fsp3) is 0.333. The summed E-state index contributed by atoms with van der Waals surface area (Å²) in [5.41, 5.74) is 5.79. The third-order valence-corrected chi connectivity index (χ3v) is 3.89. The van der Waals surface area contributed by atoms with Gasteiger partial charge in [-0.3, -0.25) is 9.59 Å². The number of hydrogen-bond donors (Lipinski definition) is 1. The van der Waals surface area contributed by atoms with E-state index in [2.05, 4.69) is 15.9 Å². The number of amides is 2. The predicted octanol–water partition coefficient (Wildman–Crippen LogP) is 2.19. The van der Waals surface area contributed by atoms with Crippen LogP contribution in [0.4, 0.5) is 0 Å². The van der Waals surface area contributed by atoms with E-state index >= 15 is 0 Å². The highest BCUT2D eigenvalue weighted by atomic mass is 79.9. The van der Waals surface area contributed by atoms with Crippen molar-refractivity contribution in [3.63, 3.8) is 0 Å². The summed E-state index contributed by atoms with van der Waals surface area (Å²) in [5, 5.41) is 0.547. The minimum atomic E-state index is -0.500. The van der Waals surface area contributed by atoms with Gasteiger partial charge in [-0.05, 0) is 47.0 Å². The van der Waals surface area contributed by atoms with Crippen molar-refractivity contribution >= 4 is 39.3 Å². The van der Waals surface area contributed by atoms with Gasteiger partial charge in [-0.1, -0.05) is 11.6 Å². The molecule has 96 valence electrons. The molecule has 2 amide bonds. The van der Waals surface area contributed by atoms with E-state index in [1.54, 1.807) is 18.2 Å². The lowest BCUT2D eigenvalue weighted by molar-refractivity contribution is -0.121. The highest BCUT2D eigenvalue weighted by Gasteiger charge is 2.33. The Morgan fingerprint density at radius 1 is 1.44 bits per heavy atom. The molecule has 4 nitrogen and oxygen atoms in total. The summed E-state index contributed by atoms with van der Waals surface area (Å²) in [6, 6.07) is 4.45. The van der Waals surface area contributed by atoms with E-state index in [1.807, 2.05) is 0 Å². The molecule has 18 heavy (non-hydrogen) atoms. The lowest BCUT2D eigenvalue weighted by atomic mass is 10.1. The molecule has 1 unspecified atom stereocenters. The smallest absolute Gasteiger partial charge is 0.255 e. The number of halogens is 2. The quantitative estimate of drug-likeness (QED) is 0.903. The van der Waals surface area contributed by atoms with Gasteiger partial charge in [0.2, 0.25) is 5.91 Å². The lowest BCUT2D eigenvalue weighted by Gasteiger charge is -2.22. The maximum absolute atomic E-state index is 12.3. The Morgan fingerprint density at radius 3 is 2.78 bits per heavy atom. The van der Waals surface area contributed by atoms with Gasteiger partial charge in [0.05, 0.1) is 5.56 Å². The first-order valence-corrected chi connectivity index (χ1v) is 6.73. The van der Waals surface area contributed by atoms with Crippen LogP contribution in [0.15, 0.2) is 22.7 Å². The Labute approximate surface area is 118 Å². The average Bonchev–Trinajstić information content (AvgIpc) is 2.77. The molecular weight excluding hydrogens is 320 g/mol. The first-order valence-electron chi connectivity index (χ1n) is 5.56. The van der Waals surface area contributed by atoms with Crippen molar-refractivity contribution in [2.75, 3.05) is 6.54 Å². The number of nitrogens with two attached hydrogens (primary N) is 1. The Bertz CT molecular complexity index is 507. The van der Waals surface area contributed by atoms with Gasteiger partial charge in [0.15, 0.2) is 0 Å². The van der Waals surface area contributed by atoms with Gasteiger partial charge in [0.1, 0.15) is 6.04 Å². The summed E-state index contributed by atoms with van der Waals surface area (Å²) < 4.78 is 0.620. The van der Waals surface area contributed by atoms with Crippen LogP contribution in [0, 0.1) is 0 Å². The van der Waals surface area contributed by atoms with Crippen LogP contribution in [0.5, 0.6) is 0 Å². The van der Waals surface area contributed by atoms with E-state index in [1.165, 1.54) is 4.90 Å². The van der Waals surface area contributed by atoms with Crippen LogP contribution in [0.25, 0.3) is 0 Å². The molecule has 1 atom stereocenters. The monoisotopic (exact) mass is 330 g/mol. The molecule has 0 radical (unpaired) electrons. The van der Waals surface area contributed by atoms with E-state index in [0.717, 1.165) is 6.42 Å². The van der Waals surface area contributed by atoms with Crippen molar-refractivity contribution in [1.82, 2.24) is 4.90 Å². The fourth-order valence-electron chi connectivity index (χ4n) is 2.12. The zero-order valence-electron chi connectivity index (χ0n) is 9.53. The Hall–Kier alpha value is -1.07. The number of nitrogens with zero attached hydrogens (tertiary/aromatic N) is 1. The third kappa shape index (κ3) is 2.52. The minimum absolute atomic E-state index is 0.195. The number of rotatable bonds is 2. The van der Waals surface area contributed by atoms with Gasteiger partial charge in [-0.25, -0.2) is 0 Å². The topological polar surface area (TPSA) is 63.4 Å². The van der Waals surface area contributed by atoms with Crippen LogP contribution in [0.2, 0.25) is 5.02 Å². The largest absolute Gasteiger partial charge is 0.368 e. The summed E-state index contributed by atoms with van der Waals surface area (Å²) >= 11 is 9.14. The molecule has 1 aromatic carbocycles. The molecule has 1 aliphatic rings. The van der Waals surface area contributed by atoms with Crippen molar-refractivity contribution in [1.29, 1.82) is 0 Å². The molecule has 0 aliphatic carbocycles. The van der Waals surface area contributed by atoms with Gasteiger partial charge < -0.3 is 10.6 Å². The highest BCUT2D eigenvalue weighted by molar-refractivity contribution is 9.10. The van der Waals surface area contributed by atoms with Crippen molar-refractivity contribution < 1.29 is 9.59 Å². The molecule has 1 heterocycles. The zero-order chi connectivity index (χ0) is 13.3. The van der Waals surface area contributed by atoms with Gasteiger partial charge in [-0.15, -0.1) is 0 Å². The van der Waals surface area contributed by atoms with E-state index in [-0.39, 0.29) is 5.91 Å². The van der Waals surface area contributed by atoms with Crippen molar-refractivity contribution in [2.24, 2.45) is 5.73 Å². The maximum atomic E-state index is 12.3. The van der Waals surface area contributed by atoms with Crippen LogP contribution in [0.1, 0.15) is 23.2 Å². The van der Waals surface area contributed by atoms with Crippen LogP contribution >= 0.6 is 27.5 Å². The fourth-order valence-corrected chi connectivity index (χ4v) is 2.98. The molecular formula is C12H12BrClN2O2. The molecule has 0 aromatic heterocycles. The standard InChI is InChI=1S/C12H12BrClN2O2/c13-9-6-7(14)3-4-8(9)12(18)16-5-1-2-10(16)11(15)17/h3-4,6,10H,1-2,5H2,(H2,15,17). The van der Waals surface area contributed by atoms with Crippen molar-refractivity contribution in [3.8, 4) is 0 Å². The van der Waals surface area contributed by atoms with E-state index < -0.39 is 11.9 Å². The molecule has 1 aromatic rings. The molecule has 0 saturated carbocycles. The second-order valence-electron chi connectivity index (χ2n) is 4.18. The first-order chi connectivity index (χ1) is 8.50. The van der Waals surface area contributed by atoms with E-state index in [0.29, 0.717) is 28.0 Å². The van der Waals surface area contributed by atoms with Crippen LogP contribution in [0.3, 0.4) is 0 Å². The number of carbonyl (C=O) groups excluding carboxylic acids is 2. The molecule has 2 rings (SSSR count). The Kier molecular flexibility index (Phi) is 3.92. The molecule has 2 N–H and O–H groups in total. The number of benzene rings is 1. The Balaban J connectivity index is 2.28. The van der Waals surface area contributed by atoms with Crippen molar-refractivity contribution in [2.45, 2.75) is 18.9 Å². The van der Waals surface area contributed by atoms with Crippen molar-refractivity contribution in [3.05, 3.63) is 33.3 Å². The molecule has 1 saturated heterocycles. The summed E-state index contributed by atoms with van der Waals surface area (Å²) in [4.78, 5) is 25.1. The number of hydrogen-bond acceptors (Lipinski definition) is 2. The highest BCUT2D eigenvalue weighted by Crippen LogP contribution is 2.26. The van der Waals surface area contributed by atoms with E-state index in [4.69, 9.17) is 17.3 Å². The summed E-state index contributed by atoms with van der Waals surface area (Å²) in [6.07, 6.45) is 1.43. The third-order valence-electron chi connectivity index (χ3n) is 3.00. The summed E-state index contributed by atoms with van der Waals surface area (Å²) in [7, 11) is 0. The SMILES string of the molecule is NC(=O)C1CCCN1C(=O)c1ccc(Cl)cc1Br. The van der Waals surface area contributed by atoms with Crippen LogP contribution in [-0.2, 0) is 4.79 Å². The minimum Gasteiger partial charge on any atom is -0.368 e. The van der Waals surface area contributed by atoms with Crippen LogP contribution in [-0.4, -0.2) is 29.3 Å². The predicted molar refractivity (Wildman–Crippen MR) is 72.4 cm³/mol. The summed E-state index contributed by atoms with van der Waals surface area (Å²) in [5.74, 6) is -0.647. The zero-order valence-corrected chi connectivity index (χ0v) is 11.9. The van der Waals surface area contributed by atoms with Crippen LogP contribution < -0.4 is 5.73 Å². The number of likely N-dealkylation sites (tertiary alicyclic amines) is 1. The van der Waals surface area contributed by atoms with Gasteiger partial charge in [0.25, 0.3) is 5.91 Å². The average molecular weight is 332 g/mol. The molecule has 1 aliphatic heterocycles. The number of primary amides is 1. The normalized spacial score (nSPS) is 19.0. The summed E-state index contributed by atoms with van der Waals surface area (Å²) in [6.45, 7) is 0.557. The first kappa shape index (κ1) is 13.4. The van der Waals surface area contributed by atoms with E-state index in [9.17, 15) is 9.59 Å². The van der Waals surface area contributed by atoms with Gasteiger partial charge in [0, 0.05) is 16.0 Å². The molecule has 0 bridgehead atoms. The maximum Gasteiger partial charge on any atom is 0.255 e. The van der Waals surface area contributed by atoms with Gasteiger partial charge in [-0.2, -0.15) is 0 Å². The second-order valence-corrected chi connectivity index (χ2v) is 5.47. The van der Waals surface area contributed by atoms with Gasteiger partial charge >= 0.3 is 0 Å². The number of carbonyl (C=O) groups is 2. The Morgan fingerprint density at radius 2 is 2.17 bits per heavy atom. The molecule has 6 heteroatoms.